The number of carbonyl (C=O) groups excluding carboxylic acids is 1. The largest absolute Gasteiger partial charge is 0.348 e. The van der Waals surface area contributed by atoms with E-state index in [0.717, 1.165) is 12.0 Å². The second-order valence-corrected chi connectivity index (χ2v) is 5.22. The zero-order valence-corrected chi connectivity index (χ0v) is 13.4. The average molecular weight is 323 g/mol. The van der Waals surface area contributed by atoms with Crippen LogP contribution in [0.25, 0.3) is 0 Å². The predicted molar refractivity (Wildman–Crippen MR) is 82.6 cm³/mol. The van der Waals surface area contributed by atoms with Crippen LogP contribution in [0.1, 0.15) is 38.8 Å². The van der Waals surface area contributed by atoms with Crippen molar-refractivity contribution in [1.29, 1.82) is 0 Å². The van der Waals surface area contributed by atoms with Gasteiger partial charge in [-0.05, 0) is 30.5 Å². The topological polar surface area (TPSA) is 55.1 Å². The van der Waals surface area contributed by atoms with E-state index in [9.17, 15) is 9.18 Å². The van der Waals surface area contributed by atoms with Crippen LogP contribution in [0.4, 0.5) is 4.39 Å². The summed E-state index contributed by atoms with van der Waals surface area (Å²) in [6.45, 7) is 5.73. The van der Waals surface area contributed by atoms with Gasteiger partial charge in [-0.3, -0.25) is 4.79 Å². The van der Waals surface area contributed by atoms with Crippen molar-refractivity contribution in [2.75, 3.05) is 0 Å². The van der Waals surface area contributed by atoms with Crippen LogP contribution in [0.15, 0.2) is 18.2 Å². The van der Waals surface area contributed by atoms with Gasteiger partial charge in [0.2, 0.25) is 5.91 Å². The third kappa shape index (κ3) is 4.93. The first-order valence-corrected chi connectivity index (χ1v) is 6.75. The zero-order chi connectivity index (χ0) is 14.6. The molecule has 20 heavy (non-hydrogen) atoms. The monoisotopic (exact) mass is 322 g/mol. The molecule has 0 heterocycles. The molecule has 0 saturated carbocycles. The van der Waals surface area contributed by atoms with Gasteiger partial charge in [0.1, 0.15) is 5.82 Å². The summed E-state index contributed by atoms with van der Waals surface area (Å²) in [5, 5.41) is 2.86. The van der Waals surface area contributed by atoms with E-state index in [1.165, 1.54) is 12.1 Å². The van der Waals surface area contributed by atoms with Gasteiger partial charge in [-0.15, -0.1) is 12.4 Å². The summed E-state index contributed by atoms with van der Waals surface area (Å²) in [5.41, 5.74) is 6.60. The quantitative estimate of drug-likeness (QED) is 0.872. The Kier molecular flexibility index (Phi) is 8.09. The third-order valence-corrected chi connectivity index (χ3v) is 3.65. The van der Waals surface area contributed by atoms with Crippen LogP contribution < -0.4 is 11.1 Å². The van der Waals surface area contributed by atoms with Crippen LogP contribution in [0.3, 0.4) is 0 Å². The van der Waals surface area contributed by atoms with Crippen molar-refractivity contribution in [3.8, 4) is 0 Å². The lowest BCUT2D eigenvalue weighted by Gasteiger charge is -2.21. The molecule has 114 valence electrons. The molecule has 1 rings (SSSR count). The van der Waals surface area contributed by atoms with Gasteiger partial charge < -0.3 is 11.1 Å². The highest BCUT2D eigenvalue weighted by Gasteiger charge is 2.21. The Morgan fingerprint density at radius 2 is 2.05 bits per heavy atom. The standard InChI is InChI=1S/C14H20ClFN2O.ClH/c1-4-8(2)13(17)14(19)18-9(3)10-5-6-12(16)11(15)7-10;/h5-9,13H,4,17H2,1-3H3,(H,18,19);1H. The SMILES string of the molecule is CCC(C)C(N)C(=O)NC(C)c1ccc(F)c(Cl)c1.Cl. The third-order valence-electron chi connectivity index (χ3n) is 3.36. The highest BCUT2D eigenvalue weighted by molar-refractivity contribution is 6.30. The Labute approximate surface area is 130 Å². The Morgan fingerprint density at radius 3 is 2.55 bits per heavy atom. The summed E-state index contributed by atoms with van der Waals surface area (Å²) >= 11 is 5.72. The summed E-state index contributed by atoms with van der Waals surface area (Å²) in [7, 11) is 0. The Morgan fingerprint density at radius 1 is 1.45 bits per heavy atom. The molecule has 0 aromatic heterocycles. The molecule has 3 atom stereocenters. The normalized spacial score (nSPS) is 14.9. The van der Waals surface area contributed by atoms with Crippen LogP contribution in [0.2, 0.25) is 5.02 Å². The molecule has 3 unspecified atom stereocenters. The van der Waals surface area contributed by atoms with Crippen molar-refractivity contribution in [2.45, 2.75) is 39.3 Å². The number of nitrogens with two attached hydrogens (primary N) is 1. The van der Waals surface area contributed by atoms with Crippen molar-refractivity contribution in [1.82, 2.24) is 5.32 Å². The highest BCUT2D eigenvalue weighted by atomic mass is 35.5. The van der Waals surface area contributed by atoms with E-state index in [4.69, 9.17) is 17.3 Å². The Balaban J connectivity index is 0.00000361. The van der Waals surface area contributed by atoms with Gasteiger partial charge in [0.25, 0.3) is 0 Å². The van der Waals surface area contributed by atoms with Crippen molar-refractivity contribution in [3.05, 3.63) is 34.6 Å². The maximum absolute atomic E-state index is 13.1. The summed E-state index contributed by atoms with van der Waals surface area (Å²) in [5.74, 6) is -0.563. The molecule has 0 radical (unpaired) electrons. The Bertz CT molecular complexity index is 457. The number of carbonyl (C=O) groups is 1. The van der Waals surface area contributed by atoms with Crippen LogP contribution in [-0.4, -0.2) is 11.9 Å². The highest BCUT2D eigenvalue weighted by Crippen LogP contribution is 2.21. The lowest BCUT2D eigenvalue weighted by molar-refractivity contribution is -0.124. The number of benzene rings is 1. The number of rotatable bonds is 5. The van der Waals surface area contributed by atoms with Gasteiger partial charge in [0, 0.05) is 0 Å². The van der Waals surface area contributed by atoms with Gasteiger partial charge >= 0.3 is 0 Å². The van der Waals surface area contributed by atoms with Gasteiger partial charge in [-0.2, -0.15) is 0 Å². The molecule has 3 N–H and O–H groups in total. The maximum atomic E-state index is 13.1. The van der Waals surface area contributed by atoms with Gasteiger partial charge in [-0.25, -0.2) is 4.39 Å². The summed E-state index contributed by atoms with van der Waals surface area (Å²) in [6.07, 6.45) is 0.839. The number of hydrogen-bond donors (Lipinski definition) is 2. The van der Waals surface area contributed by atoms with E-state index >= 15 is 0 Å². The van der Waals surface area contributed by atoms with Crippen LogP contribution in [0.5, 0.6) is 0 Å². The second kappa shape index (κ2) is 8.45. The zero-order valence-electron chi connectivity index (χ0n) is 11.8. The van der Waals surface area contributed by atoms with E-state index in [1.54, 1.807) is 6.07 Å². The predicted octanol–water partition coefficient (Wildman–Crippen LogP) is 3.45. The molecule has 1 aromatic rings. The number of amides is 1. The maximum Gasteiger partial charge on any atom is 0.237 e. The van der Waals surface area contributed by atoms with E-state index < -0.39 is 11.9 Å². The first-order chi connectivity index (χ1) is 8.86. The first kappa shape index (κ1) is 19.2. The molecule has 0 aliphatic carbocycles. The number of hydrogen-bond acceptors (Lipinski definition) is 2. The Hall–Kier alpha value is -0.840. The average Bonchev–Trinajstić information content (AvgIpc) is 2.39. The minimum Gasteiger partial charge on any atom is -0.348 e. The van der Waals surface area contributed by atoms with Crippen molar-refractivity contribution < 1.29 is 9.18 Å². The minimum absolute atomic E-state index is 0. The van der Waals surface area contributed by atoms with Crippen LogP contribution in [-0.2, 0) is 4.79 Å². The molecule has 0 aliphatic heterocycles. The molecule has 0 bridgehead atoms. The molecule has 0 aliphatic rings. The molecular weight excluding hydrogens is 302 g/mol. The van der Waals surface area contributed by atoms with Crippen molar-refractivity contribution >= 4 is 29.9 Å². The molecule has 6 heteroatoms. The van der Waals surface area contributed by atoms with Crippen molar-refractivity contribution in [3.63, 3.8) is 0 Å². The van der Waals surface area contributed by atoms with Crippen LogP contribution in [0, 0.1) is 11.7 Å². The molecule has 0 fully saturated rings. The van der Waals surface area contributed by atoms with E-state index in [1.807, 2.05) is 20.8 Å². The molecule has 1 aromatic carbocycles. The fourth-order valence-corrected chi connectivity index (χ4v) is 1.88. The molecule has 3 nitrogen and oxygen atoms in total. The molecular formula is C14H21Cl2FN2O. The summed E-state index contributed by atoms with van der Waals surface area (Å²) in [6, 6.07) is 3.59. The van der Waals surface area contributed by atoms with Crippen LogP contribution >= 0.6 is 24.0 Å². The molecule has 0 saturated heterocycles. The number of nitrogens with one attached hydrogen (secondary N) is 1. The van der Waals surface area contributed by atoms with E-state index in [0.29, 0.717) is 0 Å². The van der Waals surface area contributed by atoms with Gasteiger partial charge in [0.15, 0.2) is 0 Å². The smallest absolute Gasteiger partial charge is 0.237 e. The second-order valence-electron chi connectivity index (χ2n) is 4.82. The summed E-state index contributed by atoms with van der Waals surface area (Å²) in [4.78, 5) is 11.9. The lowest BCUT2D eigenvalue weighted by atomic mass is 9.98. The fraction of sp³-hybridized carbons (Fsp3) is 0.500. The summed E-state index contributed by atoms with van der Waals surface area (Å²) < 4.78 is 13.1. The fourth-order valence-electron chi connectivity index (χ4n) is 1.69. The molecule has 1 amide bonds. The lowest BCUT2D eigenvalue weighted by Crippen LogP contribution is -2.45. The van der Waals surface area contributed by atoms with Gasteiger partial charge in [-0.1, -0.05) is 37.9 Å². The van der Waals surface area contributed by atoms with E-state index in [-0.39, 0.29) is 35.3 Å². The minimum atomic E-state index is -0.539. The van der Waals surface area contributed by atoms with Crippen molar-refractivity contribution in [2.24, 2.45) is 11.7 Å². The first-order valence-electron chi connectivity index (χ1n) is 6.37. The van der Waals surface area contributed by atoms with Gasteiger partial charge in [0.05, 0.1) is 17.1 Å². The molecule has 0 spiro atoms. The number of halogens is 3. The van der Waals surface area contributed by atoms with E-state index in [2.05, 4.69) is 5.32 Å².